The smallest absolute Gasteiger partial charge is 0.490 e. The number of aromatic carboxylic acids is 1. The number of carboxylic acid groups (broad SMARTS) is 1. The zero-order valence-electron chi connectivity index (χ0n) is 41.7. The number of benzene rings is 3. The van der Waals surface area contributed by atoms with E-state index in [1.807, 2.05) is 13.8 Å². The van der Waals surface area contributed by atoms with Crippen molar-refractivity contribution >= 4 is 85.2 Å². The topological polar surface area (TPSA) is 333 Å². The van der Waals surface area contributed by atoms with Gasteiger partial charge in [0.2, 0.25) is 5.36 Å². The van der Waals surface area contributed by atoms with Crippen LogP contribution in [-0.4, -0.2) is 113 Å². The quantitative estimate of drug-likeness (QED) is 0.0234. The van der Waals surface area contributed by atoms with Crippen molar-refractivity contribution in [3.8, 4) is 11.5 Å². The van der Waals surface area contributed by atoms with E-state index in [4.69, 9.17) is 34.3 Å². The maximum absolute atomic E-state index is 14.0. The molecule has 77 heavy (non-hydrogen) atoms. The number of rotatable bonds is 18. The molecule has 0 aliphatic carbocycles. The summed E-state index contributed by atoms with van der Waals surface area (Å²) in [5.41, 5.74) is 14.7. The third-order valence-corrected chi connectivity index (χ3v) is 21.2. The van der Waals surface area contributed by atoms with E-state index in [1.54, 1.807) is 12.1 Å². The number of hydrogen-bond donors (Lipinski definition) is 6. The van der Waals surface area contributed by atoms with Crippen molar-refractivity contribution in [1.82, 2.24) is 29.4 Å². The van der Waals surface area contributed by atoms with E-state index in [-0.39, 0.29) is 41.4 Å². The number of amides is 1. The second kappa shape index (κ2) is 21.0. The highest BCUT2D eigenvalue weighted by Crippen LogP contribution is 2.66. The molecule has 5 aromatic rings. The second-order valence-electron chi connectivity index (χ2n) is 20.2. The minimum Gasteiger partial charge on any atom is -0.545 e. The Morgan fingerprint density at radius 1 is 0.922 bits per heavy atom. The number of carboxylic acids is 1. The number of phosphoric ester groups is 1. The number of ether oxygens (including phenoxy) is 3. The molecule has 2 aromatic heterocycles. The molecule has 29 heteroatoms. The Balaban J connectivity index is 0.799. The number of nitrogens with zero attached hydrogens (tertiary/aromatic N) is 6. The van der Waals surface area contributed by atoms with Gasteiger partial charge in [0.1, 0.15) is 54.7 Å². The number of phosphoric acid groups is 3. The lowest BCUT2D eigenvalue weighted by Gasteiger charge is -2.39. The van der Waals surface area contributed by atoms with Gasteiger partial charge in [0.05, 0.1) is 30.6 Å². The molecule has 6 aliphatic heterocycles. The van der Waals surface area contributed by atoms with Crippen molar-refractivity contribution in [1.29, 1.82) is 0 Å². The van der Waals surface area contributed by atoms with Gasteiger partial charge in [0, 0.05) is 87.9 Å². The van der Waals surface area contributed by atoms with Crippen molar-refractivity contribution in [3.05, 3.63) is 98.1 Å². The molecule has 410 valence electrons. The van der Waals surface area contributed by atoms with Gasteiger partial charge >= 0.3 is 23.5 Å². The molecule has 2 unspecified atom stereocenters. The zero-order chi connectivity index (χ0) is 54.2. The molecule has 24 nitrogen and oxygen atoms in total. The monoisotopic (exact) mass is 1160 g/mol. The summed E-state index contributed by atoms with van der Waals surface area (Å²) >= 11 is 0. The third-order valence-electron chi connectivity index (χ3n) is 14.4. The van der Waals surface area contributed by atoms with Gasteiger partial charge in [-0.25, -0.2) is 33.2 Å². The van der Waals surface area contributed by atoms with Crippen LogP contribution >= 0.6 is 45.1 Å². The van der Waals surface area contributed by atoms with Crippen molar-refractivity contribution in [2.24, 2.45) is 0 Å². The summed E-state index contributed by atoms with van der Waals surface area (Å²) in [4.78, 5) is 79.9. The summed E-state index contributed by atoms with van der Waals surface area (Å²) in [7, 11) is -14.3. The number of imidazole rings is 1. The van der Waals surface area contributed by atoms with E-state index >= 15 is 0 Å². The number of nitrogen functional groups attached to an aromatic ring is 1. The number of carbonyl (C=O) groups excluding carboxylic acids is 2. The standard InChI is InChI=1S/C48H55N8O16P3S2/c1-48(2,77-76-25-67-35-20-37(56-24-53-39-44(49)51-23-52-45(39)56)69-36(35)21-68-74(63,64)72-75(65,66)71-73(60,61)62)22-50-46(57)28-11-12-29(32(19-28)47(58)59)38-33-17-26-7-3-13-54-15-5-9-30(40(26)54)42(33)70-43-31-10-6-16-55-14-4-8-27(41(31)55)18-34(38)43/h11-12,17-19,23-24,35-37H,3-10,13-16,20-22,25H2,1-2H3,(H7-,49,50,51,52,57,58,59,60,61,62,63,64,65,66)/t35-,36-,37-/m1/s1. The minimum atomic E-state index is -5.79. The van der Waals surface area contributed by atoms with Gasteiger partial charge in [-0.15, -0.1) is 0 Å². The Hall–Kier alpha value is -4.75. The SMILES string of the molecule is CC(C)(CNC(=O)c1ccc(C2=c3cc4c5c(c3Oc3c2cc2c6c3CCCN6CCC2)CCC[N+]=5CCC4)c(C(=O)[O-])c1)SSCO[C@@H]1C[C@H](n2cnc3c(N)ncnc32)O[C@@H]1COP(=O)(O)OP(=O)(O)OP(=O)(O)O. The van der Waals surface area contributed by atoms with E-state index in [0.29, 0.717) is 11.2 Å². The number of anilines is 2. The fraction of sp³-hybridized carbons (Fsp3) is 0.458. The van der Waals surface area contributed by atoms with Crippen LogP contribution in [0.5, 0.6) is 11.5 Å². The summed E-state index contributed by atoms with van der Waals surface area (Å²) in [5.74, 6) is -0.218. The van der Waals surface area contributed by atoms with Gasteiger partial charge in [-0.05, 0) is 87.8 Å². The molecule has 3 aromatic carbocycles. The summed E-state index contributed by atoms with van der Waals surface area (Å²) in [6, 6.07) is 9.18. The van der Waals surface area contributed by atoms with Gasteiger partial charge < -0.3 is 59.6 Å². The number of carbonyl (C=O) groups is 2. The molecule has 0 radical (unpaired) electrons. The molecule has 0 spiro atoms. The van der Waals surface area contributed by atoms with Crippen LogP contribution in [0.4, 0.5) is 11.5 Å². The molecule has 6 aliphatic rings. The van der Waals surface area contributed by atoms with Gasteiger partial charge in [0.25, 0.3) is 5.91 Å². The first-order chi connectivity index (χ1) is 36.6. The molecular weight excluding hydrogens is 1100 g/mol. The highest BCUT2D eigenvalue weighted by molar-refractivity contribution is 8.77. The second-order valence-corrected chi connectivity index (χ2v) is 27.6. The lowest BCUT2D eigenvalue weighted by Crippen LogP contribution is -2.45. The van der Waals surface area contributed by atoms with Crippen molar-refractivity contribution in [3.63, 3.8) is 0 Å². The van der Waals surface area contributed by atoms with Gasteiger partial charge in [-0.1, -0.05) is 27.7 Å². The van der Waals surface area contributed by atoms with E-state index < -0.39 is 65.1 Å². The maximum Gasteiger partial charge on any atom is 0.490 e. The van der Waals surface area contributed by atoms with Crippen LogP contribution in [0, 0.1) is 0 Å². The van der Waals surface area contributed by atoms with Crippen LogP contribution in [0.15, 0.2) is 43.0 Å². The summed E-state index contributed by atoms with van der Waals surface area (Å²) in [6.07, 6.45) is 7.43. The van der Waals surface area contributed by atoms with Gasteiger partial charge in [-0.2, -0.15) is 8.62 Å². The molecule has 0 saturated carbocycles. The van der Waals surface area contributed by atoms with Crippen LogP contribution in [-0.2, 0) is 62.0 Å². The number of hydrogen-bond acceptors (Lipinski definition) is 19. The average Bonchev–Trinajstić information content (AvgIpc) is 4.20. The third kappa shape index (κ3) is 11.1. The van der Waals surface area contributed by atoms with Crippen LogP contribution < -0.4 is 40.9 Å². The Morgan fingerprint density at radius 3 is 2.45 bits per heavy atom. The number of aromatic nitrogens is 4. The van der Waals surface area contributed by atoms with Crippen LogP contribution in [0.25, 0.3) is 16.7 Å². The zero-order valence-corrected chi connectivity index (χ0v) is 46.0. The summed E-state index contributed by atoms with van der Waals surface area (Å²) in [5, 5.41) is 18.4. The predicted octanol–water partition coefficient (Wildman–Crippen LogP) is 3.77. The number of nitrogens with two attached hydrogens (primary N) is 1. The van der Waals surface area contributed by atoms with Crippen molar-refractivity contribution in [2.45, 2.75) is 94.8 Å². The van der Waals surface area contributed by atoms with E-state index in [0.717, 1.165) is 105 Å². The van der Waals surface area contributed by atoms with E-state index in [2.05, 4.69) is 50.5 Å². The van der Waals surface area contributed by atoms with Crippen LogP contribution in [0.1, 0.15) is 106 Å². The number of nitrogens with one attached hydrogen (secondary N) is 1. The average molecular weight is 1160 g/mol. The Kier molecular flexibility index (Phi) is 14.8. The minimum absolute atomic E-state index is 0.00596. The Bertz CT molecular complexity index is 3540. The number of fused-ring (bicyclic) bond motifs is 5. The summed E-state index contributed by atoms with van der Waals surface area (Å²) in [6.45, 7) is 7.11. The first-order valence-corrected chi connectivity index (χ1v) is 31.8. The van der Waals surface area contributed by atoms with Crippen molar-refractivity contribution in [2.75, 3.05) is 55.9 Å². The fourth-order valence-electron chi connectivity index (χ4n) is 11.3. The molecule has 8 heterocycles. The highest BCUT2D eigenvalue weighted by Gasteiger charge is 2.44. The molecule has 1 fully saturated rings. The maximum atomic E-state index is 14.0. The van der Waals surface area contributed by atoms with E-state index in [1.165, 1.54) is 78.2 Å². The number of aryl methyl sites for hydroxylation is 2. The van der Waals surface area contributed by atoms with Gasteiger partial charge in [0.15, 0.2) is 11.5 Å². The van der Waals surface area contributed by atoms with Crippen LogP contribution in [0.2, 0.25) is 0 Å². The summed E-state index contributed by atoms with van der Waals surface area (Å²) < 4.78 is 71.2. The van der Waals surface area contributed by atoms with Crippen molar-refractivity contribution < 1.29 is 75.3 Å². The first-order valence-electron chi connectivity index (χ1n) is 25.0. The molecule has 11 rings (SSSR count). The normalized spacial score (nSPS) is 21.3. The Labute approximate surface area is 448 Å². The van der Waals surface area contributed by atoms with E-state index in [9.17, 15) is 38.2 Å². The molecule has 5 atom stereocenters. The van der Waals surface area contributed by atoms with Crippen LogP contribution in [0.3, 0.4) is 0 Å². The van der Waals surface area contributed by atoms with Gasteiger partial charge in [-0.3, -0.25) is 13.9 Å². The fourth-order valence-corrected chi connectivity index (χ4v) is 16.6. The predicted molar refractivity (Wildman–Crippen MR) is 280 cm³/mol. The lowest BCUT2D eigenvalue weighted by molar-refractivity contribution is -0.255. The molecule has 0 bridgehead atoms. The highest BCUT2D eigenvalue weighted by atomic mass is 33.1. The largest absolute Gasteiger partial charge is 0.545 e. The molecule has 1 saturated heterocycles. The lowest BCUT2D eigenvalue weighted by atomic mass is 9.81. The first kappa shape index (κ1) is 54.2. The molecule has 7 N–H and O–H groups in total. The Morgan fingerprint density at radius 2 is 1.68 bits per heavy atom. The molecule has 1 amide bonds. The molecular formula is C48H55N8O16P3S2.